The fourth-order valence-electron chi connectivity index (χ4n) is 1.76. The second kappa shape index (κ2) is 6.51. The molecule has 1 aromatic heterocycles. The van der Waals surface area contributed by atoms with Gasteiger partial charge in [0, 0.05) is 37.3 Å². The van der Waals surface area contributed by atoms with Crippen molar-refractivity contribution in [1.29, 1.82) is 0 Å². The van der Waals surface area contributed by atoms with Gasteiger partial charge in [0.25, 0.3) is 0 Å². The van der Waals surface area contributed by atoms with Crippen LogP contribution in [0.2, 0.25) is 0 Å². The second-order valence-corrected chi connectivity index (χ2v) is 4.33. The Labute approximate surface area is 116 Å². The van der Waals surface area contributed by atoms with E-state index >= 15 is 0 Å². The molecule has 2 rings (SSSR count). The minimum Gasteiger partial charge on any atom is -0.356 e. The molecule has 0 saturated heterocycles. The van der Waals surface area contributed by atoms with Gasteiger partial charge in [-0.15, -0.1) is 0 Å². The highest BCUT2D eigenvalue weighted by molar-refractivity contribution is 5.91. The molecule has 3 N–H and O–H groups in total. The van der Waals surface area contributed by atoms with Gasteiger partial charge in [-0.3, -0.25) is 14.7 Å². The zero-order valence-electron chi connectivity index (χ0n) is 11.1. The van der Waals surface area contributed by atoms with Crippen molar-refractivity contribution in [3.8, 4) is 11.3 Å². The molecule has 6 heteroatoms. The molecule has 2 amide bonds. The predicted molar refractivity (Wildman–Crippen MR) is 76.0 cm³/mol. The highest BCUT2D eigenvalue weighted by atomic mass is 16.2. The number of carbonyl (C=O) groups excluding carboxylic acids is 2. The lowest BCUT2D eigenvalue weighted by Crippen LogP contribution is -2.25. The van der Waals surface area contributed by atoms with E-state index in [0.29, 0.717) is 12.2 Å². The fourth-order valence-corrected chi connectivity index (χ4v) is 1.76. The Morgan fingerprint density at radius 3 is 2.85 bits per heavy atom. The summed E-state index contributed by atoms with van der Waals surface area (Å²) in [6, 6.07) is 9.33. The highest BCUT2D eigenvalue weighted by Crippen LogP contribution is 2.20. The highest BCUT2D eigenvalue weighted by Gasteiger charge is 2.04. The zero-order valence-corrected chi connectivity index (χ0v) is 11.1. The minimum absolute atomic E-state index is 0.138. The van der Waals surface area contributed by atoms with Crippen LogP contribution < -0.4 is 10.6 Å². The van der Waals surface area contributed by atoms with Crippen LogP contribution in [0.3, 0.4) is 0 Å². The summed E-state index contributed by atoms with van der Waals surface area (Å²) in [6.45, 7) is 1.76. The van der Waals surface area contributed by atoms with Crippen molar-refractivity contribution in [2.75, 3.05) is 11.9 Å². The molecule has 0 aliphatic heterocycles. The summed E-state index contributed by atoms with van der Waals surface area (Å²) >= 11 is 0. The Balaban J connectivity index is 1.94. The minimum atomic E-state index is -0.140. The van der Waals surface area contributed by atoms with Gasteiger partial charge in [-0.25, -0.2) is 0 Å². The summed E-state index contributed by atoms with van der Waals surface area (Å²) in [5.74, 6) is -0.278. The molecular formula is C14H16N4O2. The molecule has 0 atom stereocenters. The van der Waals surface area contributed by atoms with Crippen LogP contribution in [0.5, 0.6) is 0 Å². The first-order chi connectivity index (χ1) is 9.65. The molecule has 2 aromatic rings. The van der Waals surface area contributed by atoms with Crippen molar-refractivity contribution in [2.45, 2.75) is 13.3 Å². The van der Waals surface area contributed by atoms with E-state index in [1.165, 1.54) is 6.92 Å². The first-order valence-electron chi connectivity index (χ1n) is 6.29. The number of hydrogen-bond acceptors (Lipinski definition) is 3. The summed E-state index contributed by atoms with van der Waals surface area (Å²) < 4.78 is 0. The third-order valence-corrected chi connectivity index (χ3v) is 2.68. The molecule has 1 heterocycles. The number of amides is 2. The van der Waals surface area contributed by atoms with E-state index in [0.717, 1.165) is 11.3 Å². The second-order valence-electron chi connectivity index (χ2n) is 4.33. The van der Waals surface area contributed by atoms with Crippen molar-refractivity contribution in [3.63, 3.8) is 0 Å². The van der Waals surface area contributed by atoms with E-state index in [1.807, 2.05) is 30.3 Å². The van der Waals surface area contributed by atoms with Crippen LogP contribution in [-0.2, 0) is 9.59 Å². The number of aromatic amines is 1. The van der Waals surface area contributed by atoms with Crippen LogP contribution in [0.25, 0.3) is 11.3 Å². The largest absolute Gasteiger partial charge is 0.356 e. The monoisotopic (exact) mass is 272 g/mol. The molecule has 104 valence electrons. The third kappa shape index (κ3) is 3.94. The van der Waals surface area contributed by atoms with Gasteiger partial charge < -0.3 is 10.6 Å². The summed E-state index contributed by atoms with van der Waals surface area (Å²) in [6.07, 6.45) is 1.92. The van der Waals surface area contributed by atoms with Crippen LogP contribution in [0.15, 0.2) is 36.5 Å². The van der Waals surface area contributed by atoms with Gasteiger partial charge in [0.1, 0.15) is 0 Å². The number of aromatic nitrogens is 2. The van der Waals surface area contributed by atoms with Gasteiger partial charge in [-0.1, -0.05) is 12.1 Å². The normalized spacial score (nSPS) is 10.1. The van der Waals surface area contributed by atoms with Crippen LogP contribution in [0, 0.1) is 0 Å². The fraction of sp³-hybridized carbons (Fsp3) is 0.214. The van der Waals surface area contributed by atoms with E-state index in [2.05, 4.69) is 20.8 Å². The molecular weight excluding hydrogens is 256 g/mol. The van der Waals surface area contributed by atoms with Gasteiger partial charge >= 0.3 is 0 Å². The maximum Gasteiger partial charge on any atom is 0.226 e. The summed E-state index contributed by atoms with van der Waals surface area (Å²) in [5.41, 5.74) is 2.55. The van der Waals surface area contributed by atoms with Crippen molar-refractivity contribution >= 4 is 17.5 Å². The smallest absolute Gasteiger partial charge is 0.226 e. The maximum atomic E-state index is 11.7. The number of rotatable bonds is 5. The standard InChI is InChI=1S/C14H16N4O2/c1-10(19)15-7-6-14(20)17-12-4-2-3-11(9-12)13-5-8-16-18-13/h2-5,8-9H,6-7H2,1H3,(H,15,19)(H,16,18)(H,17,20). The molecule has 0 unspecified atom stereocenters. The molecule has 0 bridgehead atoms. The Kier molecular flexibility index (Phi) is 4.49. The number of hydrogen-bond donors (Lipinski definition) is 3. The quantitative estimate of drug-likeness (QED) is 0.771. The summed E-state index contributed by atoms with van der Waals surface area (Å²) in [7, 11) is 0. The number of H-pyrrole nitrogens is 1. The lowest BCUT2D eigenvalue weighted by molar-refractivity contribution is -0.119. The lowest BCUT2D eigenvalue weighted by atomic mass is 10.1. The van der Waals surface area contributed by atoms with Crippen molar-refractivity contribution in [3.05, 3.63) is 36.5 Å². The van der Waals surface area contributed by atoms with Crippen LogP contribution in [0.4, 0.5) is 5.69 Å². The van der Waals surface area contributed by atoms with E-state index < -0.39 is 0 Å². The SMILES string of the molecule is CC(=O)NCCC(=O)Nc1cccc(-c2ccn[nH]2)c1. The molecule has 20 heavy (non-hydrogen) atoms. The molecule has 1 aromatic carbocycles. The molecule has 0 spiro atoms. The zero-order chi connectivity index (χ0) is 14.4. The van der Waals surface area contributed by atoms with Crippen molar-refractivity contribution in [2.24, 2.45) is 0 Å². The first kappa shape index (κ1) is 13.8. The van der Waals surface area contributed by atoms with E-state index in [4.69, 9.17) is 0 Å². The number of nitrogens with one attached hydrogen (secondary N) is 3. The molecule has 0 aliphatic carbocycles. The summed E-state index contributed by atoms with van der Waals surface area (Å²) in [5, 5.41) is 12.1. The van der Waals surface area contributed by atoms with Gasteiger partial charge in [0.05, 0.1) is 5.69 Å². The molecule has 0 saturated carbocycles. The van der Waals surface area contributed by atoms with Gasteiger partial charge in [0.2, 0.25) is 11.8 Å². The Bertz CT molecular complexity index is 593. The number of anilines is 1. The van der Waals surface area contributed by atoms with E-state index in [1.54, 1.807) is 6.20 Å². The average molecular weight is 272 g/mol. The average Bonchev–Trinajstić information content (AvgIpc) is 2.92. The Morgan fingerprint density at radius 2 is 2.15 bits per heavy atom. The Hall–Kier alpha value is -2.63. The molecule has 6 nitrogen and oxygen atoms in total. The number of benzene rings is 1. The topological polar surface area (TPSA) is 86.9 Å². The molecule has 0 aliphatic rings. The Morgan fingerprint density at radius 1 is 1.30 bits per heavy atom. The van der Waals surface area contributed by atoms with Crippen molar-refractivity contribution < 1.29 is 9.59 Å². The van der Waals surface area contributed by atoms with E-state index in [9.17, 15) is 9.59 Å². The first-order valence-corrected chi connectivity index (χ1v) is 6.29. The van der Waals surface area contributed by atoms with Gasteiger partial charge in [-0.05, 0) is 18.2 Å². The van der Waals surface area contributed by atoms with Crippen LogP contribution >= 0.6 is 0 Å². The summed E-state index contributed by atoms with van der Waals surface area (Å²) in [4.78, 5) is 22.4. The van der Waals surface area contributed by atoms with Crippen LogP contribution in [0.1, 0.15) is 13.3 Å². The molecule has 0 fully saturated rings. The predicted octanol–water partition coefficient (Wildman–Crippen LogP) is 1.54. The van der Waals surface area contributed by atoms with Gasteiger partial charge in [0.15, 0.2) is 0 Å². The van der Waals surface area contributed by atoms with Gasteiger partial charge in [-0.2, -0.15) is 5.10 Å². The van der Waals surface area contributed by atoms with E-state index in [-0.39, 0.29) is 18.2 Å². The lowest BCUT2D eigenvalue weighted by Gasteiger charge is -2.07. The maximum absolute atomic E-state index is 11.7. The molecule has 0 radical (unpaired) electrons. The van der Waals surface area contributed by atoms with Crippen molar-refractivity contribution in [1.82, 2.24) is 15.5 Å². The van der Waals surface area contributed by atoms with Crippen LogP contribution in [-0.4, -0.2) is 28.6 Å². The number of carbonyl (C=O) groups is 2. The number of nitrogens with zero attached hydrogens (tertiary/aromatic N) is 1. The third-order valence-electron chi connectivity index (χ3n) is 2.68.